The average molecular weight is 278 g/mol. The molecule has 19 heavy (non-hydrogen) atoms. The van der Waals surface area contributed by atoms with E-state index in [1.165, 1.54) is 4.88 Å². The molecule has 0 bridgehead atoms. The summed E-state index contributed by atoms with van der Waals surface area (Å²) in [7, 11) is 0. The molecular formula is C13H18N4OS. The molecule has 1 aliphatic rings. The number of thiophene rings is 1. The molecule has 0 spiro atoms. The fraction of sp³-hybridized carbons (Fsp3) is 0.538. The highest BCUT2D eigenvalue weighted by atomic mass is 32.1. The van der Waals surface area contributed by atoms with Crippen LogP contribution in [0.25, 0.3) is 10.2 Å². The van der Waals surface area contributed by atoms with Crippen LogP contribution in [0, 0.1) is 0 Å². The summed E-state index contributed by atoms with van der Waals surface area (Å²) < 4.78 is 5.39. The van der Waals surface area contributed by atoms with E-state index in [2.05, 4.69) is 23.4 Å². The number of hydrogen-bond acceptors (Lipinski definition) is 6. The van der Waals surface area contributed by atoms with E-state index < -0.39 is 0 Å². The van der Waals surface area contributed by atoms with E-state index in [4.69, 9.17) is 15.6 Å². The van der Waals surface area contributed by atoms with Crippen molar-refractivity contribution in [2.45, 2.75) is 32.1 Å². The minimum atomic E-state index is 0.387. The van der Waals surface area contributed by atoms with Crippen molar-refractivity contribution < 1.29 is 4.74 Å². The van der Waals surface area contributed by atoms with Gasteiger partial charge in [0, 0.05) is 24.0 Å². The Balaban J connectivity index is 2.05. The monoisotopic (exact) mass is 278 g/mol. The topological polar surface area (TPSA) is 73.1 Å². The van der Waals surface area contributed by atoms with Crippen molar-refractivity contribution in [2.75, 3.05) is 18.6 Å². The van der Waals surface area contributed by atoms with Gasteiger partial charge in [0.25, 0.3) is 0 Å². The van der Waals surface area contributed by atoms with E-state index in [0.29, 0.717) is 5.92 Å². The van der Waals surface area contributed by atoms with Crippen molar-refractivity contribution in [3.05, 3.63) is 16.8 Å². The predicted octanol–water partition coefficient (Wildman–Crippen LogP) is 2.43. The molecule has 3 heterocycles. The van der Waals surface area contributed by atoms with Gasteiger partial charge in [0.05, 0.1) is 5.39 Å². The molecule has 3 N–H and O–H groups in total. The molecule has 3 rings (SSSR count). The van der Waals surface area contributed by atoms with E-state index in [-0.39, 0.29) is 0 Å². The molecule has 1 fully saturated rings. The quantitative estimate of drug-likeness (QED) is 0.666. The number of rotatable bonds is 3. The van der Waals surface area contributed by atoms with Crippen LogP contribution < -0.4 is 11.3 Å². The molecule has 0 saturated carbocycles. The molecule has 2 aromatic heterocycles. The van der Waals surface area contributed by atoms with Crippen LogP contribution in [-0.2, 0) is 11.2 Å². The minimum absolute atomic E-state index is 0.387. The van der Waals surface area contributed by atoms with Crippen LogP contribution in [0.4, 0.5) is 5.82 Å². The molecule has 0 aliphatic carbocycles. The van der Waals surface area contributed by atoms with Gasteiger partial charge < -0.3 is 10.2 Å². The summed E-state index contributed by atoms with van der Waals surface area (Å²) in [5, 5.41) is 1.03. The molecular weight excluding hydrogens is 260 g/mol. The van der Waals surface area contributed by atoms with E-state index in [1.807, 2.05) is 0 Å². The van der Waals surface area contributed by atoms with E-state index in [9.17, 15) is 0 Å². The van der Waals surface area contributed by atoms with Crippen molar-refractivity contribution in [3.8, 4) is 0 Å². The number of nitrogens with two attached hydrogens (primary N) is 1. The summed E-state index contributed by atoms with van der Waals surface area (Å²) in [5.74, 6) is 7.63. The molecule has 0 unspecified atom stereocenters. The van der Waals surface area contributed by atoms with Gasteiger partial charge in [-0.1, -0.05) is 6.92 Å². The standard InChI is InChI=1S/C13H18N4OS/c1-2-9-7-10-12(17-14)15-11(16-13(10)19-9)8-3-5-18-6-4-8/h7-8H,2-6,14H2,1H3,(H,15,16,17). The number of nitrogen functional groups attached to an aromatic ring is 1. The second-order valence-electron chi connectivity index (χ2n) is 4.75. The third-order valence-electron chi connectivity index (χ3n) is 3.53. The number of anilines is 1. The number of hydrogen-bond donors (Lipinski definition) is 2. The van der Waals surface area contributed by atoms with Gasteiger partial charge in [-0.3, -0.25) is 0 Å². The molecule has 5 nitrogen and oxygen atoms in total. The van der Waals surface area contributed by atoms with Gasteiger partial charge in [0.15, 0.2) is 5.82 Å². The van der Waals surface area contributed by atoms with Gasteiger partial charge in [0.1, 0.15) is 10.7 Å². The molecule has 2 aromatic rings. The van der Waals surface area contributed by atoms with Crippen LogP contribution >= 0.6 is 11.3 Å². The molecule has 0 aromatic carbocycles. The zero-order valence-corrected chi connectivity index (χ0v) is 11.8. The number of hydrazine groups is 1. The fourth-order valence-electron chi connectivity index (χ4n) is 2.41. The Morgan fingerprint density at radius 2 is 2.21 bits per heavy atom. The molecule has 0 amide bonds. The summed E-state index contributed by atoms with van der Waals surface area (Å²) in [6, 6.07) is 2.13. The third-order valence-corrected chi connectivity index (χ3v) is 4.71. The number of aryl methyl sites for hydroxylation is 1. The Morgan fingerprint density at radius 3 is 2.89 bits per heavy atom. The first kappa shape index (κ1) is 12.8. The third kappa shape index (κ3) is 2.43. The Morgan fingerprint density at radius 1 is 1.42 bits per heavy atom. The zero-order valence-electron chi connectivity index (χ0n) is 11.0. The summed E-state index contributed by atoms with van der Waals surface area (Å²) in [5.41, 5.74) is 2.71. The second kappa shape index (κ2) is 5.40. The smallest absolute Gasteiger partial charge is 0.152 e. The summed E-state index contributed by atoms with van der Waals surface area (Å²) in [4.78, 5) is 11.7. The number of nitrogens with one attached hydrogen (secondary N) is 1. The number of fused-ring (bicyclic) bond motifs is 1. The first-order valence-corrected chi connectivity index (χ1v) is 7.48. The lowest BCUT2D eigenvalue weighted by Gasteiger charge is -2.21. The Kier molecular flexibility index (Phi) is 3.63. The van der Waals surface area contributed by atoms with Crippen molar-refractivity contribution in [1.29, 1.82) is 0 Å². The molecule has 6 heteroatoms. The molecule has 102 valence electrons. The van der Waals surface area contributed by atoms with Gasteiger partial charge in [-0.15, -0.1) is 11.3 Å². The van der Waals surface area contributed by atoms with Crippen molar-refractivity contribution in [2.24, 2.45) is 5.84 Å². The van der Waals surface area contributed by atoms with Gasteiger partial charge in [-0.2, -0.15) is 0 Å². The van der Waals surface area contributed by atoms with Crippen molar-refractivity contribution in [1.82, 2.24) is 9.97 Å². The highest BCUT2D eigenvalue weighted by molar-refractivity contribution is 7.18. The van der Waals surface area contributed by atoms with Crippen LogP contribution in [0.2, 0.25) is 0 Å². The van der Waals surface area contributed by atoms with Crippen LogP contribution in [0.3, 0.4) is 0 Å². The Bertz CT molecular complexity index is 577. The van der Waals surface area contributed by atoms with Gasteiger partial charge in [-0.25, -0.2) is 15.8 Å². The fourth-order valence-corrected chi connectivity index (χ4v) is 3.38. The molecule has 0 atom stereocenters. The summed E-state index contributed by atoms with van der Waals surface area (Å²) in [6.45, 7) is 3.73. The van der Waals surface area contributed by atoms with E-state index in [1.54, 1.807) is 11.3 Å². The number of ether oxygens (including phenoxy) is 1. The highest BCUT2D eigenvalue weighted by Gasteiger charge is 2.21. The van der Waals surface area contributed by atoms with Gasteiger partial charge >= 0.3 is 0 Å². The second-order valence-corrected chi connectivity index (χ2v) is 5.86. The van der Waals surface area contributed by atoms with Gasteiger partial charge in [0.2, 0.25) is 0 Å². The first-order chi connectivity index (χ1) is 9.31. The van der Waals surface area contributed by atoms with E-state index in [0.717, 1.165) is 54.3 Å². The average Bonchev–Trinajstić information content (AvgIpc) is 2.90. The zero-order chi connectivity index (χ0) is 13.2. The predicted molar refractivity (Wildman–Crippen MR) is 77.4 cm³/mol. The first-order valence-electron chi connectivity index (χ1n) is 6.66. The Labute approximate surface area is 116 Å². The van der Waals surface area contributed by atoms with Crippen LogP contribution in [-0.4, -0.2) is 23.2 Å². The van der Waals surface area contributed by atoms with Crippen LogP contribution in [0.15, 0.2) is 6.07 Å². The minimum Gasteiger partial charge on any atom is -0.381 e. The molecule has 1 aliphatic heterocycles. The molecule has 0 radical (unpaired) electrons. The lowest BCUT2D eigenvalue weighted by Crippen LogP contribution is -2.18. The highest BCUT2D eigenvalue weighted by Crippen LogP contribution is 2.32. The van der Waals surface area contributed by atoms with Crippen molar-refractivity contribution in [3.63, 3.8) is 0 Å². The van der Waals surface area contributed by atoms with Gasteiger partial charge in [-0.05, 0) is 25.3 Å². The maximum absolute atomic E-state index is 5.60. The molecule has 1 saturated heterocycles. The maximum Gasteiger partial charge on any atom is 0.152 e. The SMILES string of the molecule is CCc1cc2c(NN)nc(C3CCOCC3)nc2s1. The lowest BCUT2D eigenvalue weighted by atomic mass is 9.99. The largest absolute Gasteiger partial charge is 0.381 e. The van der Waals surface area contributed by atoms with Crippen LogP contribution in [0.5, 0.6) is 0 Å². The summed E-state index contributed by atoms with van der Waals surface area (Å²) >= 11 is 1.73. The number of aromatic nitrogens is 2. The van der Waals surface area contributed by atoms with Crippen LogP contribution in [0.1, 0.15) is 36.4 Å². The maximum atomic E-state index is 5.60. The Hall–Kier alpha value is -1.24. The number of nitrogens with zero attached hydrogens (tertiary/aromatic N) is 2. The summed E-state index contributed by atoms with van der Waals surface area (Å²) in [6.07, 6.45) is 2.99. The van der Waals surface area contributed by atoms with E-state index >= 15 is 0 Å². The van der Waals surface area contributed by atoms with Crippen molar-refractivity contribution >= 4 is 27.4 Å². The lowest BCUT2D eigenvalue weighted by molar-refractivity contribution is 0.0837. The normalized spacial score (nSPS) is 16.9.